The molecule has 0 aliphatic carbocycles. The molecule has 0 atom stereocenters. The van der Waals surface area contributed by atoms with Gasteiger partial charge in [-0.15, -0.1) is 0 Å². The van der Waals surface area contributed by atoms with Gasteiger partial charge in [-0.1, -0.05) is 12.1 Å². The molecule has 104 valence electrons. The second-order valence-electron chi connectivity index (χ2n) is 3.79. The number of hydrogen-bond donors (Lipinski definition) is 2. The van der Waals surface area contributed by atoms with Gasteiger partial charge in [-0.25, -0.2) is 0 Å². The van der Waals surface area contributed by atoms with Crippen molar-refractivity contribution in [1.29, 1.82) is 0 Å². The first-order chi connectivity index (χ1) is 8.68. The van der Waals surface area contributed by atoms with Crippen LogP contribution in [0.25, 0.3) is 6.08 Å². The minimum absolute atomic E-state index is 0.187. The molecule has 1 heterocycles. The molecule has 19 heavy (non-hydrogen) atoms. The summed E-state index contributed by atoms with van der Waals surface area (Å²) in [5.41, 5.74) is 1.92. The summed E-state index contributed by atoms with van der Waals surface area (Å²) in [6.07, 6.45) is 3.65. The molecular weight excluding hydrogens is 276 g/mol. The molecule has 9 heteroatoms. The van der Waals surface area contributed by atoms with E-state index in [1.165, 1.54) is 6.07 Å². The molecule has 1 aromatic carbocycles. The standard InChI is InChI=1S/C10H10N2O2.H2O4S/c1-11-6-5-9-8(7-11)3-2-4-10(9)12(13)14;1-5(2,3)4/h2-6H,7H2,1H3;(H2,1,2,3,4). The van der Waals surface area contributed by atoms with Gasteiger partial charge < -0.3 is 4.90 Å². The topological polar surface area (TPSA) is 121 Å². The monoisotopic (exact) mass is 288 g/mol. The predicted molar refractivity (Wildman–Crippen MR) is 67.8 cm³/mol. The van der Waals surface area contributed by atoms with Gasteiger partial charge in [0.15, 0.2) is 0 Å². The Morgan fingerprint density at radius 3 is 2.47 bits per heavy atom. The van der Waals surface area contributed by atoms with Crippen LogP contribution in [0.2, 0.25) is 0 Å². The highest BCUT2D eigenvalue weighted by Crippen LogP contribution is 2.27. The van der Waals surface area contributed by atoms with Crippen LogP contribution in [-0.2, 0) is 16.9 Å². The van der Waals surface area contributed by atoms with E-state index in [9.17, 15) is 10.1 Å². The minimum Gasteiger partial charge on any atom is -0.376 e. The third-order valence-corrected chi connectivity index (χ3v) is 2.29. The Hall–Kier alpha value is -1.97. The number of fused-ring (bicyclic) bond motifs is 1. The summed E-state index contributed by atoms with van der Waals surface area (Å²) in [4.78, 5) is 12.4. The molecule has 8 nitrogen and oxygen atoms in total. The zero-order chi connectivity index (χ0) is 14.6. The predicted octanol–water partition coefficient (Wildman–Crippen LogP) is 1.36. The van der Waals surface area contributed by atoms with Gasteiger partial charge in [0, 0.05) is 19.7 Å². The molecule has 1 aromatic rings. The smallest absolute Gasteiger partial charge is 0.376 e. The number of benzene rings is 1. The van der Waals surface area contributed by atoms with Crippen molar-refractivity contribution in [1.82, 2.24) is 4.90 Å². The Morgan fingerprint density at radius 1 is 1.37 bits per heavy atom. The zero-order valence-corrected chi connectivity index (χ0v) is 10.7. The van der Waals surface area contributed by atoms with Crippen molar-refractivity contribution in [2.75, 3.05) is 7.05 Å². The lowest BCUT2D eigenvalue weighted by molar-refractivity contribution is -0.385. The van der Waals surface area contributed by atoms with E-state index in [4.69, 9.17) is 17.5 Å². The van der Waals surface area contributed by atoms with Gasteiger partial charge in [-0.3, -0.25) is 19.2 Å². The third kappa shape index (κ3) is 5.04. The lowest BCUT2D eigenvalue weighted by Gasteiger charge is -2.20. The van der Waals surface area contributed by atoms with Crippen LogP contribution in [0.1, 0.15) is 11.1 Å². The maximum absolute atomic E-state index is 10.7. The van der Waals surface area contributed by atoms with E-state index in [2.05, 4.69) is 0 Å². The average molecular weight is 288 g/mol. The number of rotatable bonds is 1. The van der Waals surface area contributed by atoms with Crippen molar-refractivity contribution < 1.29 is 22.4 Å². The fourth-order valence-corrected chi connectivity index (χ4v) is 1.61. The van der Waals surface area contributed by atoms with Crippen molar-refractivity contribution >= 4 is 22.2 Å². The van der Waals surface area contributed by atoms with Crippen molar-refractivity contribution in [3.05, 3.63) is 45.6 Å². The lowest BCUT2D eigenvalue weighted by atomic mass is 10.0. The zero-order valence-electron chi connectivity index (χ0n) is 9.92. The van der Waals surface area contributed by atoms with E-state index in [1.807, 2.05) is 24.2 Å². The van der Waals surface area contributed by atoms with Gasteiger partial charge in [-0.2, -0.15) is 8.42 Å². The first kappa shape index (κ1) is 15.1. The van der Waals surface area contributed by atoms with Crippen LogP contribution < -0.4 is 0 Å². The Morgan fingerprint density at radius 2 is 1.95 bits per heavy atom. The molecule has 0 amide bonds. The van der Waals surface area contributed by atoms with E-state index in [-0.39, 0.29) is 10.6 Å². The molecule has 0 radical (unpaired) electrons. The SMILES string of the molecule is CN1C=Cc2c(cccc2[N+](=O)[O-])C1.O=S(=O)(O)O. The van der Waals surface area contributed by atoms with E-state index in [0.717, 1.165) is 17.7 Å². The highest BCUT2D eigenvalue weighted by molar-refractivity contribution is 7.79. The Labute approximate surface area is 109 Å². The van der Waals surface area contributed by atoms with Crippen molar-refractivity contribution in [3.63, 3.8) is 0 Å². The fraction of sp³-hybridized carbons (Fsp3) is 0.200. The number of nitro groups is 1. The van der Waals surface area contributed by atoms with Gasteiger partial charge in [0.2, 0.25) is 0 Å². The number of hydrogen-bond acceptors (Lipinski definition) is 5. The molecule has 2 N–H and O–H groups in total. The number of nitrogens with zero attached hydrogens (tertiary/aromatic N) is 2. The molecule has 1 aliphatic rings. The van der Waals surface area contributed by atoms with E-state index in [1.54, 1.807) is 12.1 Å². The third-order valence-electron chi connectivity index (χ3n) is 2.29. The average Bonchev–Trinajstić information content (AvgIpc) is 2.25. The van der Waals surface area contributed by atoms with Gasteiger partial charge in [-0.05, 0) is 17.8 Å². The highest BCUT2D eigenvalue weighted by Gasteiger charge is 2.17. The Kier molecular flexibility index (Phi) is 4.59. The van der Waals surface area contributed by atoms with Crippen LogP contribution in [0, 0.1) is 10.1 Å². The maximum atomic E-state index is 10.7. The van der Waals surface area contributed by atoms with Gasteiger partial charge >= 0.3 is 10.4 Å². The van der Waals surface area contributed by atoms with Gasteiger partial charge in [0.1, 0.15) is 0 Å². The van der Waals surface area contributed by atoms with Crippen LogP contribution in [-0.4, -0.2) is 34.4 Å². The van der Waals surface area contributed by atoms with Gasteiger partial charge in [0.05, 0.1) is 10.5 Å². The molecule has 0 fully saturated rings. The normalized spacial score (nSPS) is 13.3. The Balaban J connectivity index is 0.000000312. The first-order valence-electron chi connectivity index (χ1n) is 5.03. The van der Waals surface area contributed by atoms with E-state index < -0.39 is 10.4 Å². The van der Waals surface area contributed by atoms with Crippen molar-refractivity contribution in [2.24, 2.45) is 0 Å². The molecule has 1 aliphatic heterocycles. The van der Waals surface area contributed by atoms with E-state index >= 15 is 0 Å². The summed E-state index contributed by atoms with van der Waals surface area (Å²) in [6, 6.07) is 5.18. The first-order valence-corrected chi connectivity index (χ1v) is 6.43. The van der Waals surface area contributed by atoms with Crippen molar-refractivity contribution in [2.45, 2.75) is 6.54 Å². The molecule has 0 aromatic heterocycles. The van der Waals surface area contributed by atoms with Crippen molar-refractivity contribution in [3.8, 4) is 0 Å². The second-order valence-corrected chi connectivity index (χ2v) is 4.68. The van der Waals surface area contributed by atoms with Crippen LogP contribution in [0.3, 0.4) is 0 Å². The number of nitro benzene ring substituents is 1. The molecule has 0 bridgehead atoms. The van der Waals surface area contributed by atoms with Crippen LogP contribution >= 0.6 is 0 Å². The lowest BCUT2D eigenvalue weighted by Crippen LogP contribution is -2.14. The van der Waals surface area contributed by atoms with Crippen LogP contribution in [0.4, 0.5) is 5.69 Å². The van der Waals surface area contributed by atoms with Crippen LogP contribution in [0.5, 0.6) is 0 Å². The molecule has 0 spiro atoms. The molecule has 0 unspecified atom stereocenters. The summed E-state index contributed by atoms with van der Waals surface area (Å²) in [5.74, 6) is 0. The van der Waals surface area contributed by atoms with E-state index in [0.29, 0.717) is 0 Å². The van der Waals surface area contributed by atoms with Gasteiger partial charge in [0.25, 0.3) is 5.69 Å². The second kappa shape index (κ2) is 5.78. The highest BCUT2D eigenvalue weighted by atomic mass is 32.3. The summed E-state index contributed by atoms with van der Waals surface area (Å²) in [6.45, 7) is 0.730. The quantitative estimate of drug-likeness (QED) is 0.454. The fourth-order valence-electron chi connectivity index (χ4n) is 1.61. The summed E-state index contributed by atoms with van der Waals surface area (Å²) in [7, 11) is -2.72. The molecule has 0 saturated heterocycles. The van der Waals surface area contributed by atoms with Crippen LogP contribution in [0.15, 0.2) is 24.4 Å². The largest absolute Gasteiger partial charge is 0.394 e. The summed E-state index contributed by atoms with van der Waals surface area (Å²) in [5, 5.41) is 10.7. The summed E-state index contributed by atoms with van der Waals surface area (Å²) >= 11 is 0. The summed E-state index contributed by atoms with van der Waals surface area (Å²) < 4.78 is 31.6. The Bertz CT molecular complexity index is 602. The molecular formula is C10H12N2O6S. The molecule has 0 saturated carbocycles. The maximum Gasteiger partial charge on any atom is 0.394 e. The minimum atomic E-state index is -4.67. The molecule has 2 rings (SSSR count).